The first-order chi connectivity index (χ1) is 9.41. The number of hydrogen-bond acceptors (Lipinski definition) is 3. The standard InChI is InChI=1S/C14H19F3N2O/c1-19(11-2-3-11)6-7-20-12-4-5-13(14(15,16)17)10(8-12)9-18/h4-5,8,11H,2-3,6-7,9,18H2,1H3. The second-order valence-corrected chi connectivity index (χ2v) is 5.08. The predicted octanol–water partition coefficient (Wildman–Crippen LogP) is 2.64. The minimum absolute atomic E-state index is 0.0607. The Hall–Kier alpha value is -1.27. The molecule has 0 aromatic heterocycles. The zero-order chi connectivity index (χ0) is 14.8. The van der Waals surface area contributed by atoms with Crippen molar-refractivity contribution < 1.29 is 17.9 Å². The van der Waals surface area contributed by atoms with Crippen LogP contribution in [0.5, 0.6) is 5.75 Å². The van der Waals surface area contributed by atoms with Crippen LogP contribution in [0.1, 0.15) is 24.0 Å². The molecule has 0 heterocycles. The van der Waals surface area contributed by atoms with E-state index in [9.17, 15) is 13.2 Å². The van der Waals surface area contributed by atoms with Gasteiger partial charge in [-0.05, 0) is 43.7 Å². The van der Waals surface area contributed by atoms with E-state index in [0.717, 1.165) is 12.6 Å². The number of nitrogens with zero attached hydrogens (tertiary/aromatic N) is 1. The first kappa shape index (κ1) is 15.1. The van der Waals surface area contributed by atoms with E-state index in [-0.39, 0.29) is 12.1 Å². The number of nitrogens with two attached hydrogens (primary N) is 1. The summed E-state index contributed by atoms with van der Waals surface area (Å²) in [6.07, 6.45) is -1.94. The molecule has 1 aromatic carbocycles. The maximum absolute atomic E-state index is 12.7. The summed E-state index contributed by atoms with van der Waals surface area (Å²) in [5, 5.41) is 0. The predicted molar refractivity (Wildman–Crippen MR) is 70.5 cm³/mol. The second kappa shape index (κ2) is 6.01. The molecule has 3 nitrogen and oxygen atoms in total. The summed E-state index contributed by atoms with van der Waals surface area (Å²) in [5.41, 5.74) is 4.75. The van der Waals surface area contributed by atoms with E-state index < -0.39 is 11.7 Å². The summed E-state index contributed by atoms with van der Waals surface area (Å²) in [6.45, 7) is 1.07. The molecule has 1 aromatic rings. The lowest BCUT2D eigenvalue weighted by Gasteiger charge is -2.17. The molecular weight excluding hydrogens is 269 g/mol. The van der Waals surface area contributed by atoms with E-state index in [1.807, 2.05) is 7.05 Å². The van der Waals surface area contributed by atoms with Crippen molar-refractivity contribution in [2.24, 2.45) is 5.73 Å². The first-order valence-electron chi connectivity index (χ1n) is 6.65. The summed E-state index contributed by atoms with van der Waals surface area (Å²) in [7, 11) is 2.03. The topological polar surface area (TPSA) is 38.5 Å². The number of halogens is 3. The summed E-state index contributed by atoms with van der Waals surface area (Å²) in [6, 6.07) is 4.40. The van der Waals surface area contributed by atoms with Gasteiger partial charge in [0.25, 0.3) is 0 Å². The maximum Gasteiger partial charge on any atom is 0.416 e. The lowest BCUT2D eigenvalue weighted by atomic mass is 10.1. The third-order valence-corrected chi connectivity index (χ3v) is 3.48. The van der Waals surface area contributed by atoms with Crippen molar-refractivity contribution in [1.29, 1.82) is 0 Å². The summed E-state index contributed by atoms with van der Waals surface area (Å²) >= 11 is 0. The lowest BCUT2D eigenvalue weighted by molar-refractivity contribution is -0.138. The third kappa shape index (κ3) is 3.86. The van der Waals surface area contributed by atoms with Gasteiger partial charge < -0.3 is 15.4 Å². The second-order valence-electron chi connectivity index (χ2n) is 5.08. The van der Waals surface area contributed by atoms with Crippen molar-refractivity contribution >= 4 is 0 Å². The van der Waals surface area contributed by atoms with Crippen molar-refractivity contribution in [2.75, 3.05) is 20.2 Å². The minimum atomic E-state index is -4.38. The molecule has 0 amide bonds. The molecule has 0 atom stereocenters. The molecule has 1 saturated carbocycles. The Morgan fingerprint density at radius 2 is 2.05 bits per heavy atom. The van der Waals surface area contributed by atoms with Gasteiger partial charge in [0.1, 0.15) is 12.4 Å². The van der Waals surface area contributed by atoms with Crippen LogP contribution < -0.4 is 10.5 Å². The van der Waals surface area contributed by atoms with E-state index >= 15 is 0 Å². The molecule has 20 heavy (non-hydrogen) atoms. The van der Waals surface area contributed by atoms with Crippen LogP contribution in [-0.4, -0.2) is 31.1 Å². The van der Waals surface area contributed by atoms with Gasteiger partial charge in [-0.1, -0.05) is 0 Å². The van der Waals surface area contributed by atoms with Gasteiger partial charge in [0.2, 0.25) is 0 Å². The van der Waals surface area contributed by atoms with Gasteiger partial charge in [0.05, 0.1) is 5.56 Å². The summed E-state index contributed by atoms with van der Waals surface area (Å²) in [4.78, 5) is 2.20. The number of likely N-dealkylation sites (N-methyl/N-ethyl adjacent to an activating group) is 1. The Bertz CT molecular complexity index is 458. The number of ether oxygens (including phenoxy) is 1. The zero-order valence-electron chi connectivity index (χ0n) is 11.4. The quantitative estimate of drug-likeness (QED) is 0.874. The summed E-state index contributed by atoms with van der Waals surface area (Å²) in [5.74, 6) is 0.433. The normalized spacial score (nSPS) is 15.7. The van der Waals surface area contributed by atoms with Gasteiger partial charge in [-0.15, -0.1) is 0 Å². The van der Waals surface area contributed by atoms with Crippen LogP contribution in [0.15, 0.2) is 18.2 Å². The average Bonchev–Trinajstić information content (AvgIpc) is 3.21. The van der Waals surface area contributed by atoms with Crippen molar-refractivity contribution in [2.45, 2.75) is 31.6 Å². The Labute approximate surface area is 116 Å². The third-order valence-electron chi connectivity index (χ3n) is 3.48. The highest BCUT2D eigenvalue weighted by atomic mass is 19.4. The molecular formula is C14H19F3N2O. The molecule has 2 N–H and O–H groups in total. The Balaban J connectivity index is 1.95. The fourth-order valence-electron chi connectivity index (χ4n) is 2.11. The van der Waals surface area contributed by atoms with E-state index in [4.69, 9.17) is 10.5 Å². The van der Waals surface area contributed by atoms with Gasteiger partial charge in [-0.2, -0.15) is 13.2 Å². The van der Waals surface area contributed by atoms with Crippen LogP contribution in [0.25, 0.3) is 0 Å². The molecule has 0 saturated heterocycles. The van der Waals surface area contributed by atoms with E-state index in [0.29, 0.717) is 18.4 Å². The smallest absolute Gasteiger partial charge is 0.416 e. The highest BCUT2D eigenvalue weighted by molar-refractivity contribution is 5.37. The fourth-order valence-corrected chi connectivity index (χ4v) is 2.11. The fraction of sp³-hybridized carbons (Fsp3) is 0.571. The molecule has 2 rings (SSSR count). The van der Waals surface area contributed by atoms with Gasteiger partial charge in [0.15, 0.2) is 0 Å². The zero-order valence-corrected chi connectivity index (χ0v) is 11.4. The average molecular weight is 288 g/mol. The molecule has 0 aliphatic heterocycles. The molecule has 0 unspecified atom stereocenters. The summed E-state index contributed by atoms with van der Waals surface area (Å²) < 4.78 is 43.7. The van der Waals surface area contributed by atoms with Crippen LogP contribution in [0.3, 0.4) is 0 Å². The van der Waals surface area contributed by atoms with Crippen molar-refractivity contribution in [3.63, 3.8) is 0 Å². The van der Waals surface area contributed by atoms with Gasteiger partial charge in [0, 0.05) is 19.1 Å². The number of benzene rings is 1. The largest absolute Gasteiger partial charge is 0.492 e. The van der Waals surface area contributed by atoms with Crippen molar-refractivity contribution in [3.8, 4) is 5.75 Å². The highest BCUT2D eigenvalue weighted by Crippen LogP contribution is 2.33. The van der Waals surface area contributed by atoms with Crippen molar-refractivity contribution in [1.82, 2.24) is 4.90 Å². The SMILES string of the molecule is CN(CCOc1ccc(C(F)(F)F)c(CN)c1)C1CC1. The molecule has 0 radical (unpaired) electrons. The molecule has 112 valence electrons. The van der Waals surface area contributed by atoms with E-state index in [1.54, 1.807) is 0 Å². The van der Waals surface area contributed by atoms with E-state index in [1.165, 1.54) is 25.0 Å². The van der Waals surface area contributed by atoms with Crippen LogP contribution in [0.2, 0.25) is 0 Å². The van der Waals surface area contributed by atoms with Crippen LogP contribution in [-0.2, 0) is 12.7 Å². The monoisotopic (exact) mass is 288 g/mol. The molecule has 1 fully saturated rings. The van der Waals surface area contributed by atoms with Gasteiger partial charge in [-0.3, -0.25) is 0 Å². The Morgan fingerprint density at radius 1 is 1.35 bits per heavy atom. The van der Waals surface area contributed by atoms with Gasteiger partial charge in [-0.25, -0.2) is 0 Å². The molecule has 0 spiro atoms. The molecule has 6 heteroatoms. The van der Waals surface area contributed by atoms with E-state index in [2.05, 4.69) is 4.90 Å². The molecule has 1 aliphatic carbocycles. The lowest BCUT2D eigenvalue weighted by Crippen LogP contribution is -2.26. The number of rotatable bonds is 6. The maximum atomic E-state index is 12.7. The Morgan fingerprint density at radius 3 is 2.60 bits per heavy atom. The molecule has 0 bridgehead atoms. The first-order valence-corrected chi connectivity index (χ1v) is 6.65. The van der Waals surface area contributed by atoms with Gasteiger partial charge >= 0.3 is 6.18 Å². The molecule has 1 aliphatic rings. The number of hydrogen-bond donors (Lipinski definition) is 1. The van der Waals surface area contributed by atoms with Crippen LogP contribution in [0.4, 0.5) is 13.2 Å². The minimum Gasteiger partial charge on any atom is -0.492 e. The Kier molecular flexibility index (Phi) is 4.55. The van der Waals surface area contributed by atoms with Crippen LogP contribution >= 0.6 is 0 Å². The van der Waals surface area contributed by atoms with Crippen LogP contribution in [0, 0.1) is 0 Å². The van der Waals surface area contributed by atoms with Crippen molar-refractivity contribution in [3.05, 3.63) is 29.3 Å². The highest BCUT2D eigenvalue weighted by Gasteiger charge is 2.33. The number of alkyl halides is 3.